The van der Waals surface area contributed by atoms with Gasteiger partial charge in [0, 0.05) is 11.6 Å². The Bertz CT molecular complexity index is 1310. The Kier molecular flexibility index (Phi) is 8.13. The molecule has 1 fully saturated rings. The van der Waals surface area contributed by atoms with Crippen LogP contribution in [-0.2, 0) is 21.4 Å². The topological polar surface area (TPSA) is 109 Å². The summed E-state index contributed by atoms with van der Waals surface area (Å²) in [6.45, 7) is 2.15. The first-order valence-electron chi connectivity index (χ1n) is 11.8. The molecule has 0 unspecified atom stereocenters. The first kappa shape index (κ1) is 25.9. The van der Waals surface area contributed by atoms with Crippen molar-refractivity contribution in [3.63, 3.8) is 0 Å². The maximum absolute atomic E-state index is 13.6. The van der Waals surface area contributed by atoms with Gasteiger partial charge in [0.15, 0.2) is 5.76 Å². The molecule has 0 bridgehead atoms. The third-order valence-corrected chi connectivity index (χ3v) is 8.24. The lowest BCUT2D eigenvalue weighted by molar-refractivity contribution is -0.124. The number of nitrogens with zero attached hydrogens (tertiary/aromatic N) is 1. The summed E-state index contributed by atoms with van der Waals surface area (Å²) in [6.07, 6.45) is 1.84. The molecule has 2 atom stereocenters. The van der Waals surface area contributed by atoms with E-state index in [9.17, 15) is 18.0 Å². The van der Waals surface area contributed by atoms with Crippen molar-refractivity contribution in [3.8, 4) is 0 Å². The minimum Gasteiger partial charge on any atom is -0.455 e. The second-order valence-electron chi connectivity index (χ2n) is 8.68. The molecule has 2 aromatic carbocycles. The molecule has 0 radical (unpaired) electrons. The van der Waals surface area contributed by atoms with E-state index in [1.807, 2.05) is 37.3 Å². The third-order valence-electron chi connectivity index (χ3n) is 6.12. The largest absolute Gasteiger partial charge is 0.455 e. The predicted octanol–water partition coefficient (Wildman–Crippen LogP) is 4.28. The van der Waals surface area contributed by atoms with Crippen LogP contribution in [0.15, 0.2) is 76.0 Å². The molecule has 36 heavy (non-hydrogen) atoms. The Morgan fingerprint density at radius 3 is 2.56 bits per heavy atom. The molecule has 1 aliphatic rings. The zero-order valence-electron chi connectivity index (χ0n) is 19.8. The molecule has 1 aromatic heterocycles. The van der Waals surface area contributed by atoms with Gasteiger partial charge in [-0.2, -0.15) is 4.31 Å². The number of halogens is 1. The fourth-order valence-electron chi connectivity index (χ4n) is 4.13. The average molecular weight is 530 g/mol. The summed E-state index contributed by atoms with van der Waals surface area (Å²) >= 11 is 5.95. The third kappa shape index (κ3) is 5.98. The fourth-order valence-corrected chi connectivity index (χ4v) is 5.84. The highest BCUT2D eigenvalue weighted by molar-refractivity contribution is 7.89. The summed E-state index contributed by atoms with van der Waals surface area (Å²) in [5.41, 5.74) is 0.942. The molecule has 4 rings (SSSR count). The van der Waals surface area contributed by atoms with Gasteiger partial charge < -0.3 is 15.1 Å². The lowest BCUT2D eigenvalue weighted by Gasteiger charge is -2.28. The normalized spacial score (nSPS) is 17.3. The van der Waals surface area contributed by atoms with Crippen LogP contribution in [0.5, 0.6) is 0 Å². The van der Waals surface area contributed by atoms with Crippen molar-refractivity contribution in [2.45, 2.75) is 49.7 Å². The number of carbonyl (C=O) groups is 2. The Balaban J connectivity index is 1.58. The number of benzene rings is 2. The van der Waals surface area contributed by atoms with Crippen molar-refractivity contribution in [2.75, 3.05) is 6.54 Å². The van der Waals surface area contributed by atoms with Gasteiger partial charge in [0.1, 0.15) is 11.8 Å². The van der Waals surface area contributed by atoms with Gasteiger partial charge in [-0.3, -0.25) is 9.59 Å². The molecule has 2 heterocycles. The van der Waals surface area contributed by atoms with Gasteiger partial charge in [-0.1, -0.05) is 41.9 Å². The monoisotopic (exact) mass is 529 g/mol. The minimum atomic E-state index is -4.08. The Hall–Kier alpha value is -3.14. The van der Waals surface area contributed by atoms with Crippen molar-refractivity contribution in [1.82, 2.24) is 14.9 Å². The van der Waals surface area contributed by atoms with E-state index in [0.29, 0.717) is 24.4 Å². The summed E-state index contributed by atoms with van der Waals surface area (Å²) in [5.74, 6) is -0.466. The Labute approximate surface area is 215 Å². The van der Waals surface area contributed by atoms with Gasteiger partial charge in [0.05, 0.1) is 17.5 Å². The summed E-state index contributed by atoms with van der Waals surface area (Å²) in [6, 6.07) is 17.2. The number of hydrogen-bond acceptors (Lipinski definition) is 5. The molecule has 1 aliphatic heterocycles. The van der Waals surface area contributed by atoms with E-state index in [-0.39, 0.29) is 34.9 Å². The highest BCUT2D eigenvalue weighted by Crippen LogP contribution is 2.26. The van der Waals surface area contributed by atoms with Crippen LogP contribution in [0.4, 0.5) is 0 Å². The zero-order valence-corrected chi connectivity index (χ0v) is 21.4. The van der Waals surface area contributed by atoms with E-state index < -0.39 is 22.0 Å². The first-order valence-corrected chi connectivity index (χ1v) is 13.6. The molecule has 3 aromatic rings. The molecule has 8 nitrogen and oxygen atoms in total. The molecule has 0 spiro atoms. The molecule has 0 saturated carbocycles. The van der Waals surface area contributed by atoms with Crippen molar-refractivity contribution >= 4 is 33.4 Å². The standard InChI is InChI=1S/C26H28ClN3O5S/c1-18(19-7-3-2-4-8-19)29-26(32)24-15-12-21(35-24)17-30(23-9-5-6-16-28-25(23)31)36(33,34)22-13-10-20(27)11-14-22/h2-4,7-8,10-15,18,23H,5-6,9,16-17H2,1H3,(H,28,31)(H,29,32)/t18-,23-/m1/s1. The predicted molar refractivity (Wildman–Crippen MR) is 136 cm³/mol. The molecule has 1 saturated heterocycles. The summed E-state index contributed by atoms with van der Waals surface area (Å²) < 4.78 is 34.2. The van der Waals surface area contributed by atoms with Crippen molar-refractivity contribution in [2.24, 2.45) is 0 Å². The molecule has 10 heteroatoms. The number of furan rings is 1. The smallest absolute Gasteiger partial charge is 0.287 e. The van der Waals surface area contributed by atoms with Crippen LogP contribution in [0.1, 0.15) is 54.1 Å². The summed E-state index contributed by atoms with van der Waals surface area (Å²) in [4.78, 5) is 25.6. The maximum Gasteiger partial charge on any atom is 0.287 e. The Morgan fingerprint density at radius 2 is 1.83 bits per heavy atom. The van der Waals surface area contributed by atoms with Crippen LogP contribution < -0.4 is 10.6 Å². The van der Waals surface area contributed by atoms with E-state index in [4.69, 9.17) is 16.0 Å². The Morgan fingerprint density at radius 1 is 1.11 bits per heavy atom. The lowest BCUT2D eigenvalue weighted by Crippen LogP contribution is -2.48. The first-order chi connectivity index (χ1) is 17.3. The highest BCUT2D eigenvalue weighted by Gasteiger charge is 2.37. The molecule has 2 amide bonds. The van der Waals surface area contributed by atoms with Gasteiger partial charge in [-0.05, 0) is 68.1 Å². The van der Waals surface area contributed by atoms with Gasteiger partial charge in [0.2, 0.25) is 15.9 Å². The van der Waals surface area contributed by atoms with Crippen molar-refractivity contribution < 1.29 is 22.4 Å². The van der Waals surface area contributed by atoms with E-state index in [1.165, 1.54) is 30.3 Å². The number of hydrogen-bond donors (Lipinski definition) is 2. The number of nitrogens with one attached hydrogen (secondary N) is 2. The van der Waals surface area contributed by atoms with E-state index in [0.717, 1.165) is 16.3 Å². The fraction of sp³-hybridized carbons (Fsp3) is 0.308. The van der Waals surface area contributed by atoms with Crippen LogP contribution in [0, 0.1) is 0 Å². The van der Waals surface area contributed by atoms with Crippen LogP contribution in [-0.4, -0.2) is 37.1 Å². The van der Waals surface area contributed by atoms with E-state index in [2.05, 4.69) is 10.6 Å². The maximum atomic E-state index is 13.6. The average Bonchev–Trinajstić information content (AvgIpc) is 3.24. The lowest BCUT2D eigenvalue weighted by atomic mass is 10.1. The van der Waals surface area contributed by atoms with Crippen LogP contribution in [0.25, 0.3) is 0 Å². The number of sulfonamides is 1. The number of rotatable bonds is 8. The second-order valence-corrected chi connectivity index (χ2v) is 11.0. The van der Waals surface area contributed by atoms with Gasteiger partial charge in [-0.15, -0.1) is 0 Å². The minimum absolute atomic E-state index is 0.0187. The molecular formula is C26H28ClN3O5S. The number of amides is 2. The summed E-state index contributed by atoms with van der Waals surface area (Å²) in [7, 11) is -4.08. The van der Waals surface area contributed by atoms with Gasteiger partial charge >= 0.3 is 0 Å². The second kappa shape index (κ2) is 11.3. The van der Waals surface area contributed by atoms with E-state index >= 15 is 0 Å². The van der Waals surface area contributed by atoms with Crippen LogP contribution >= 0.6 is 11.6 Å². The molecular weight excluding hydrogens is 502 g/mol. The van der Waals surface area contributed by atoms with Gasteiger partial charge in [-0.25, -0.2) is 8.42 Å². The van der Waals surface area contributed by atoms with Gasteiger partial charge in [0.25, 0.3) is 5.91 Å². The van der Waals surface area contributed by atoms with E-state index in [1.54, 1.807) is 6.07 Å². The SMILES string of the molecule is C[C@@H](NC(=O)c1ccc(CN([C@@H]2CCCCNC2=O)S(=O)(=O)c2ccc(Cl)cc2)o1)c1ccccc1. The molecule has 2 N–H and O–H groups in total. The zero-order chi connectivity index (χ0) is 25.7. The molecule has 190 valence electrons. The molecule has 0 aliphatic carbocycles. The quantitative estimate of drug-likeness (QED) is 0.452. The van der Waals surface area contributed by atoms with Crippen molar-refractivity contribution in [1.29, 1.82) is 0 Å². The highest BCUT2D eigenvalue weighted by atomic mass is 35.5. The summed E-state index contributed by atoms with van der Waals surface area (Å²) in [5, 5.41) is 6.07. The number of carbonyl (C=O) groups excluding carboxylic acids is 2. The van der Waals surface area contributed by atoms with Crippen LogP contribution in [0.2, 0.25) is 5.02 Å². The van der Waals surface area contributed by atoms with Crippen LogP contribution in [0.3, 0.4) is 0 Å². The van der Waals surface area contributed by atoms with Crippen molar-refractivity contribution in [3.05, 3.63) is 88.8 Å².